The smallest absolute Gasteiger partial charge is 0.0737 e. The third kappa shape index (κ3) is 1.20. The van der Waals surface area contributed by atoms with Crippen molar-refractivity contribution in [3.05, 3.63) is 54.2 Å². The van der Waals surface area contributed by atoms with Crippen LogP contribution in [-0.4, -0.2) is 4.98 Å². The number of pyridine rings is 1. The Hall–Kier alpha value is -1.89. The van der Waals surface area contributed by atoms with E-state index in [-0.39, 0.29) is 0 Å². The quantitative estimate of drug-likeness (QED) is 0.496. The van der Waals surface area contributed by atoms with Crippen molar-refractivity contribution in [3.63, 3.8) is 0 Å². The molecule has 3 aromatic rings. The van der Waals surface area contributed by atoms with Gasteiger partial charge in [0.05, 0.1) is 5.52 Å². The molecule has 0 aliphatic rings. The molecule has 1 heterocycles. The summed E-state index contributed by atoms with van der Waals surface area (Å²) in [6.07, 6.45) is 1.95. The Labute approximate surface area is 88.4 Å². The summed E-state index contributed by atoms with van der Waals surface area (Å²) >= 11 is 0. The molecule has 0 radical (unpaired) electrons. The second kappa shape index (κ2) is 3.06. The highest BCUT2D eigenvalue weighted by Gasteiger charge is 2.01. The first-order chi connectivity index (χ1) is 7.36. The fourth-order valence-corrected chi connectivity index (χ4v) is 2.04. The minimum absolute atomic E-state index is 1.11. The molecule has 0 aliphatic heterocycles. The Kier molecular flexibility index (Phi) is 1.72. The maximum Gasteiger partial charge on any atom is 0.0737 e. The fourth-order valence-electron chi connectivity index (χ4n) is 2.04. The minimum Gasteiger partial charge on any atom is -0.255 e. The number of hydrogen-bond donors (Lipinski definition) is 0. The van der Waals surface area contributed by atoms with Crippen LogP contribution in [0.2, 0.25) is 0 Å². The number of benzene rings is 2. The molecule has 0 aliphatic carbocycles. The van der Waals surface area contributed by atoms with Crippen molar-refractivity contribution < 1.29 is 0 Å². The summed E-state index contributed by atoms with van der Waals surface area (Å²) in [6, 6.07) is 14.7. The average Bonchev–Trinajstić information content (AvgIpc) is 2.29. The molecule has 0 amide bonds. The average molecular weight is 193 g/mol. The predicted molar refractivity (Wildman–Crippen MR) is 64.0 cm³/mol. The number of fused-ring (bicyclic) bond motifs is 3. The highest BCUT2D eigenvalue weighted by Crippen LogP contribution is 2.24. The SMILES string of the molecule is Cc1cccc2c1ncc1ccccc12. The van der Waals surface area contributed by atoms with E-state index < -0.39 is 0 Å². The molecular weight excluding hydrogens is 182 g/mol. The molecule has 0 unspecified atom stereocenters. The molecule has 0 bridgehead atoms. The molecule has 2 aromatic carbocycles. The lowest BCUT2D eigenvalue weighted by molar-refractivity contribution is 1.39. The Bertz CT molecular complexity index is 641. The molecule has 0 N–H and O–H groups in total. The normalized spacial score (nSPS) is 11.0. The summed E-state index contributed by atoms with van der Waals surface area (Å²) in [5.41, 5.74) is 2.34. The first kappa shape index (κ1) is 8.42. The number of rotatable bonds is 0. The van der Waals surface area contributed by atoms with Crippen LogP contribution in [-0.2, 0) is 0 Å². The van der Waals surface area contributed by atoms with Crippen LogP contribution in [0, 0.1) is 6.92 Å². The lowest BCUT2D eigenvalue weighted by atomic mass is 10.0. The van der Waals surface area contributed by atoms with E-state index in [9.17, 15) is 0 Å². The fraction of sp³-hybridized carbons (Fsp3) is 0.0714. The van der Waals surface area contributed by atoms with E-state index in [0.29, 0.717) is 0 Å². The highest BCUT2D eigenvalue weighted by molar-refractivity contribution is 6.06. The van der Waals surface area contributed by atoms with E-state index in [4.69, 9.17) is 0 Å². The van der Waals surface area contributed by atoms with Gasteiger partial charge in [-0.2, -0.15) is 0 Å². The van der Waals surface area contributed by atoms with Crippen molar-refractivity contribution >= 4 is 21.7 Å². The Balaban J connectivity index is 2.60. The van der Waals surface area contributed by atoms with Gasteiger partial charge in [-0.15, -0.1) is 0 Å². The van der Waals surface area contributed by atoms with Gasteiger partial charge in [-0.25, -0.2) is 0 Å². The van der Waals surface area contributed by atoms with Crippen LogP contribution >= 0.6 is 0 Å². The molecule has 1 nitrogen and oxygen atoms in total. The second-order valence-electron chi connectivity index (χ2n) is 3.82. The van der Waals surface area contributed by atoms with Gasteiger partial charge in [0.1, 0.15) is 0 Å². The summed E-state index contributed by atoms with van der Waals surface area (Å²) in [5.74, 6) is 0. The Morgan fingerprint density at radius 1 is 0.867 bits per heavy atom. The van der Waals surface area contributed by atoms with Crippen LogP contribution in [0.15, 0.2) is 48.7 Å². The highest BCUT2D eigenvalue weighted by atomic mass is 14.7. The molecule has 0 spiro atoms. The molecule has 72 valence electrons. The topological polar surface area (TPSA) is 12.9 Å². The number of para-hydroxylation sites is 1. The van der Waals surface area contributed by atoms with Gasteiger partial charge in [-0.1, -0.05) is 42.5 Å². The van der Waals surface area contributed by atoms with Gasteiger partial charge in [0.25, 0.3) is 0 Å². The van der Waals surface area contributed by atoms with Crippen LogP contribution in [0.25, 0.3) is 21.7 Å². The summed E-state index contributed by atoms with van der Waals surface area (Å²) in [7, 11) is 0. The van der Waals surface area contributed by atoms with Gasteiger partial charge in [-0.3, -0.25) is 4.98 Å². The van der Waals surface area contributed by atoms with Gasteiger partial charge < -0.3 is 0 Å². The first-order valence-corrected chi connectivity index (χ1v) is 5.09. The summed E-state index contributed by atoms with van der Waals surface area (Å²) < 4.78 is 0. The number of aryl methyl sites for hydroxylation is 1. The van der Waals surface area contributed by atoms with Crippen molar-refractivity contribution in [1.82, 2.24) is 4.98 Å². The summed E-state index contributed by atoms with van der Waals surface area (Å²) in [5, 5.41) is 3.73. The van der Waals surface area contributed by atoms with Crippen LogP contribution in [0.4, 0.5) is 0 Å². The van der Waals surface area contributed by atoms with Crippen molar-refractivity contribution in [1.29, 1.82) is 0 Å². The molecule has 15 heavy (non-hydrogen) atoms. The van der Waals surface area contributed by atoms with Gasteiger partial charge >= 0.3 is 0 Å². The molecule has 0 fully saturated rings. The molecule has 3 rings (SSSR count). The zero-order chi connectivity index (χ0) is 10.3. The maximum atomic E-state index is 4.51. The summed E-state index contributed by atoms with van der Waals surface area (Å²) in [4.78, 5) is 4.51. The number of aromatic nitrogens is 1. The zero-order valence-corrected chi connectivity index (χ0v) is 8.57. The predicted octanol–water partition coefficient (Wildman–Crippen LogP) is 3.70. The maximum absolute atomic E-state index is 4.51. The Morgan fingerprint density at radius 3 is 2.60 bits per heavy atom. The lowest BCUT2D eigenvalue weighted by Gasteiger charge is -2.04. The van der Waals surface area contributed by atoms with Crippen LogP contribution < -0.4 is 0 Å². The van der Waals surface area contributed by atoms with Gasteiger partial charge in [-0.05, 0) is 17.9 Å². The molecule has 0 saturated carbocycles. The molecular formula is C14H11N. The third-order valence-corrected chi connectivity index (χ3v) is 2.82. The number of nitrogens with zero attached hydrogens (tertiary/aromatic N) is 1. The van der Waals surface area contributed by atoms with Crippen LogP contribution in [0.5, 0.6) is 0 Å². The molecule has 0 atom stereocenters. The standard InChI is InChI=1S/C14H11N/c1-10-5-4-8-13-12-7-3-2-6-11(12)9-15-14(10)13/h2-9H,1H3. The second-order valence-corrected chi connectivity index (χ2v) is 3.82. The van der Waals surface area contributed by atoms with E-state index in [1.165, 1.54) is 21.7 Å². The lowest BCUT2D eigenvalue weighted by Crippen LogP contribution is -1.84. The van der Waals surface area contributed by atoms with E-state index in [1.807, 2.05) is 12.3 Å². The summed E-state index contributed by atoms with van der Waals surface area (Å²) in [6.45, 7) is 2.10. The van der Waals surface area contributed by atoms with Crippen molar-refractivity contribution in [3.8, 4) is 0 Å². The first-order valence-electron chi connectivity index (χ1n) is 5.09. The largest absolute Gasteiger partial charge is 0.255 e. The van der Waals surface area contributed by atoms with Crippen molar-refractivity contribution in [2.24, 2.45) is 0 Å². The monoisotopic (exact) mass is 193 g/mol. The minimum atomic E-state index is 1.11. The third-order valence-electron chi connectivity index (χ3n) is 2.82. The van der Waals surface area contributed by atoms with Gasteiger partial charge in [0.2, 0.25) is 0 Å². The van der Waals surface area contributed by atoms with Crippen molar-refractivity contribution in [2.45, 2.75) is 6.92 Å². The van der Waals surface area contributed by atoms with E-state index in [2.05, 4.69) is 48.3 Å². The van der Waals surface area contributed by atoms with E-state index in [1.54, 1.807) is 0 Å². The zero-order valence-electron chi connectivity index (χ0n) is 8.57. The van der Waals surface area contributed by atoms with Gasteiger partial charge in [0.15, 0.2) is 0 Å². The van der Waals surface area contributed by atoms with Gasteiger partial charge in [0, 0.05) is 17.0 Å². The van der Waals surface area contributed by atoms with Crippen LogP contribution in [0.1, 0.15) is 5.56 Å². The Morgan fingerprint density at radius 2 is 1.67 bits per heavy atom. The molecule has 1 heteroatoms. The van der Waals surface area contributed by atoms with Crippen molar-refractivity contribution in [2.75, 3.05) is 0 Å². The molecule has 1 aromatic heterocycles. The molecule has 0 saturated heterocycles. The van der Waals surface area contributed by atoms with E-state index >= 15 is 0 Å². The number of hydrogen-bond acceptors (Lipinski definition) is 1. The van der Waals surface area contributed by atoms with Crippen LogP contribution in [0.3, 0.4) is 0 Å². The van der Waals surface area contributed by atoms with E-state index in [0.717, 1.165) is 5.52 Å².